The zero-order valence-electron chi connectivity index (χ0n) is 16.6. The van der Waals surface area contributed by atoms with Crippen LogP contribution in [0.5, 0.6) is 11.5 Å². The van der Waals surface area contributed by atoms with Gasteiger partial charge in [-0.05, 0) is 31.2 Å². The van der Waals surface area contributed by atoms with Gasteiger partial charge >= 0.3 is 0 Å². The first-order valence-electron chi connectivity index (χ1n) is 8.95. The summed E-state index contributed by atoms with van der Waals surface area (Å²) >= 11 is 1.14. The summed E-state index contributed by atoms with van der Waals surface area (Å²) < 4.78 is 39.5. The van der Waals surface area contributed by atoms with Crippen LogP contribution in [0.1, 0.15) is 18.9 Å². The number of hydrogen-bond donors (Lipinski definition) is 1. The molecule has 0 bridgehead atoms. The van der Waals surface area contributed by atoms with Crippen molar-refractivity contribution in [2.45, 2.75) is 18.2 Å². The Labute approximate surface area is 176 Å². The van der Waals surface area contributed by atoms with E-state index in [9.17, 15) is 13.6 Å². The molecule has 0 radical (unpaired) electrons. The summed E-state index contributed by atoms with van der Waals surface area (Å²) in [5.74, 6) is -0.282. The summed E-state index contributed by atoms with van der Waals surface area (Å²) in [5, 5.41) is 11.1. The quantitative estimate of drug-likeness (QED) is 0.541. The molecule has 2 aromatic carbocycles. The predicted octanol–water partition coefficient (Wildman–Crippen LogP) is 3.97. The monoisotopic (exact) mass is 434 g/mol. The molecule has 0 spiro atoms. The van der Waals surface area contributed by atoms with Gasteiger partial charge in [0.15, 0.2) is 28.6 Å². The Bertz CT molecular complexity index is 1040. The van der Waals surface area contributed by atoms with E-state index in [1.165, 1.54) is 6.07 Å². The molecule has 10 heteroatoms. The number of thioether (sulfide) groups is 1. The van der Waals surface area contributed by atoms with Crippen molar-refractivity contribution in [3.05, 3.63) is 59.9 Å². The van der Waals surface area contributed by atoms with Crippen molar-refractivity contribution in [2.75, 3.05) is 18.2 Å². The summed E-state index contributed by atoms with van der Waals surface area (Å²) in [4.78, 5) is 12.1. The maximum Gasteiger partial charge on any atom is 0.234 e. The highest BCUT2D eigenvalue weighted by molar-refractivity contribution is 7.99. The number of aromatic nitrogens is 3. The van der Waals surface area contributed by atoms with E-state index >= 15 is 0 Å². The van der Waals surface area contributed by atoms with Crippen molar-refractivity contribution in [1.29, 1.82) is 0 Å². The number of benzene rings is 2. The minimum atomic E-state index is -0.836. The number of carbonyl (C=O) groups excluding carboxylic acids is 1. The predicted molar refractivity (Wildman–Crippen MR) is 109 cm³/mol. The van der Waals surface area contributed by atoms with Crippen LogP contribution in [0.4, 0.5) is 14.5 Å². The van der Waals surface area contributed by atoms with Gasteiger partial charge in [0, 0.05) is 13.1 Å². The van der Waals surface area contributed by atoms with Crippen molar-refractivity contribution < 1.29 is 23.0 Å². The van der Waals surface area contributed by atoms with E-state index in [1.807, 2.05) is 19.1 Å². The molecule has 0 aliphatic carbocycles. The molecule has 0 aliphatic heterocycles. The highest BCUT2D eigenvalue weighted by Crippen LogP contribution is 2.30. The average Bonchev–Trinajstić information content (AvgIpc) is 3.09. The second-order valence-corrected chi connectivity index (χ2v) is 7.21. The topological polar surface area (TPSA) is 78.3 Å². The molecule has 3 aromatic rings. The molecule has 30 heavy (non-hydrogen) atoms. The van der Waals surface area contributed by atoms with Crippen LogP contribution in [0.15, 0.2) is 47.6 Å². The summed E-state index contributed by atoms with van der Waals surface area (Å²) in [6.07, 6.45) is -0.421. The molecule has 1 amide bonds. The number of carbonyl (C=O) groups is 1. The van der Waals surface area contributed by atoms with Gasteiger partial charge in [-0.25, -0.2) is 8.78 Å². The van der Waals surface area contributed by atoms with Gasteiger partial charge in [0.25, 0.3) is 0 Å². The lowest BCUT2D eigenvalue weighted by atomic mass is 10.3. The Morgan fingerprint density at radius 1 is 1.20 bits per heavy atom. The molecule has 0 saturated heterocycles. The lowest BCUT2D eigenvalue weighted by Gasteiger charge is -2.16. The zero-order valence-corrected chi connectivity index (χ0v) is 17.4. The molecule has 1 atom stereocenters. The Kier molecular flexibility index (Phi) is 6.88. The van der Waals surface area contributed by atoms with E-state index in [0.29, 0.717) is 28.5 Å². The standard InChI is InChI=1S/C20H20F2N4O3S/c1-12(29-17-7-5-4-6-16(17)28-3)19-24-25-20(26(19)2)30-11-18(27)23-15-9-8-13(21)10-14(15)22/h4-10,12H,11H2,1-3H3,(H,23,27). The number of anilines is 1. The third-order valence-electron chi connectivity index (χ3n) is 4.14. The fraction of sp³-hybridized carbons (Fsp3) is 0.250. The number of rotatable bonds is 8. The highest BCUT2D eigenvalue weighted by atomic mass is 32.2. The van der Waals surface area contributed by atoms with Crippen molar-refractivity contribution >= 4 is 23.4 Å². The van der Waals surface area contributed by atoms with Gasteiger partial charge in [0.05, 0.1) is 18.6 Å². The second kappa shape index (κ2) is 9.57. The van der Waals surface area contributed by atoms with Gasteiger partial charge in [-0.1, -0.05) is 23.9 Å². The molecule has 1 N–H and O–H groups in total. The number of methoxy groups -OCH3 is 1. The minimum absolute atomic E-state index is 0.0233. The maximum absolute atomic E-state index is 13.7. The van der Waals surface area contributed by atoms with Crippen LogP contribution >= 0.6 is 11.8 Å². The highest BCUT2D eigenvalue weighted by Gasteiger charge is 2.19. The van der Waals surface area contributed by atoms with Crippen LogP contribution in [-0.4, -0.2) is 33.5 Å². The van der Waals surface area contributed by atoms with Crippen molar-refractivity contribution in [2.24, 2.45) is 7.05 Å². The average molecular weight is 434 g/mol. The Hall–Kier alpha value is -3.14. The number of nitrogens with zero attached hydrogens (tertiary/aromatic N) is 3. The maximum atomic E-state index is 13.7. The molecule has 1 heterocycles. The van der Waals surface area contributed by atoms with Crippen molar-refractivity contribution in [3.8, 4) is 11.5 Å². The molecular formula is C20H20F2N4O3S. The Balaban J connectivity index is 1.61. The molecule has 0 saturated carbocycles. The number of para-hydroxylation sites is 2. The van der Waals surface area contributed by atoms with Crippen LogP contribution in [0.2, 0.25) is 0 Å². The molecule has 7 nitrogen and oxygen atoms in total. The molecule has 1 aromatic heterocycles. The van der Waals surface area contributed by atoms with Crippen LogP contribution in [-0.2, 0) is 11.8 Å². The van der Waals surface area contributed by atoms with Crippen LogP contribution in [0, 0.1) is 11.6 Å². The van der Waals surface area contributed by atoms with E-state index in [0.717, 1.165) is 17.8 Å². The second-order valence-electron chi connectivity index (χ2n) is 6.27. The van der Waals surface area contributed by atoms with E-state index in [2.05, 4.69) is 15.5 Å². The van der Waals surface area contributed by atoms with Gasteiger partial charge in [-0.3, -0.25) is 4.79 Å². The van der Waals surface area contributed by atoms with Gasteiger partial charge in [0.1, 0.15) is 11.6 Å². The van der Waals surface area contributed by atoms with E-state index in [4.69, 9.17) is 9.47 Å². The largest absolute Gasteiger partial charge is 0.493 e. The molecule has 1 unspecified atom stereocenters. The van der Waals surface area contributed by atoms with Gasteiger partial charge in [-0.15, -0.1) is 10.2 Å². The van der Waals surface area contributed by atoms with Crippen LogP contribution in [0.3, 0.4) is 0 Å². The van der Waals surface area contributed by atoms with Gasteiger partial charge in [-0.2, -0.15) is 0 Å². The first-order chi connectivity index (χ1) is 14.4. The van der Waals surface area contributed by atoms with E-state index < -0.39 is 23.6 Å². The number of halogens is 2. The smallest absolute Gasteiger partial charge is 0.234 e. The lowest BCUT2D eigenvalue weighted by Crippen LogP contribution is -2.16. The summed E-state index contributed by atoms with van der Waals surface area (Å²) in [7, 11) is 3.32. The normalized spacial score (nSPS) is 11.8. The third kappa shape index (κ3) is 5.07. The fourth-order valence-electron chi connectivity index (χ4n) is 2.67. The third-order valence-corrected chi connectivity index (χ3v) is 5.16. The first-order valence-corrected chi connectivity index (χ1v) is 9.94. The van der Waals surface area contributed by atoms with E-state index in [-0.39, 0.29) is 11.4 Å². The Morgan fingerprint density at radius 3 is 2.63 bits per heavy atom. The summed E-state index contributed by atoms with van der Waals surface area (Å²) in [6.45, 7) is 1.83. The first kappa shape index (κ1) is 21.6. The van der Waals surface area contributed by atoms with Crippen LogP contribution in [0.25, 0.3) is 0 Å². The number of ether oxygens (including phenoxy) is 2. The molecule has 158 valence electrons. The fourth-order valence-corrected chi connectivity index (χ4v) is 3.39. The number of amides is 1. The van der Waals surface area contributed by atoms with Crippen molar-refractivity contribution in [1.82, 2.24) is 14.8 Å². The van der Waals surface area contributed by atoms with Crippen molar-refractivity contribution in [3.63, 3.8) is 0 Å². The SMILES string of the molecule is COc1ccccc1OC(C)c1nnc(SCC(=O)Nc2ccc(F)cc2F)n1C. The zero-order chi connectivity index (χ0) is 21.7. The molecule has 0 fully saturated rings. The van der Waals surface area contributed by atoms with Gasteiger partial charge < -0.3 is 19.4 Å². The lowest BCUT2D eigenvalue weighted by molar-refractivity contribution is -0.113. The minimum Gasteiger partial charge on any atom is -0.493 e. The van der Waals surface area contributed by atoms with E-state index in [1.54, 1.807) is 30.9 Å². The summed E-state index contributed by atoms with van der Waals surface area (Å²) in [6, 6.07) is 10.2. The molecular weight excluding hydrogens is 414 g/mol. The Morgan fingerprint density at radius 2 is 1.93 bits per heavy atom. The summed E-state index contributed by atoms with van der Waals surface area (Å²) in [5.41, 5.74) is -0.0838. The number of nitrogens with one attached hydrogen (secondary N) is 1. The molecule has 3 rings (SSSR count). The molecule has 0 aliphatic rings. The number of hydrogen-bond acceptors (Lipinski definition) is 6. The van der Waals surface area contributed by atoms with Crippen LogP contribution < -0.4 is 14.8 Å². The van der Waals surface area contributed by atoms with Gasteiger partial charge in [0.2, 0.25) is 5.91 Å².